The van der Waals surface area contributed by atoms with Crippen molar-refractivity contribution in [2.75, 3.05) is 0 Å². The van der Waals surface area contributed by atoms with E-state index in [-0.39, 0.29) is 0 Å². The fourth-order valence-corrected chi connectivity index (χ4v) is 1.39. The van der Waals surface area contributed by atoms with E-state index in [1.54, 1.807) is 0 Å². The molecule has 0 aliphatic heterocycles. The zero-order valence-corrected chi connectivity index (χ0v) is 9.51. The minimum Gasteiger partial charge on any atom is -0.241 e. The predicted octanol–water partition coefficient (Wildman–Crippen LogP) is 1.67. The van der Waals surface area contributed by atoms with Gasteiger partial charge < -0.3 is 0 Å². The highest BCUT2D eigenvalue weighted by Crippen LogP contribution is 2.04. The van der Waals surface area contributed by atoms with Crippen molar-refractivity contribution in [1.82, 2.24) is 19.9 Å². The van der Waals surface area contributed by atoms with Crippen molar-refractivity contribution in [3.63, 3.8) is 0 Å². The summed E-state index contributed by atoms with van der Waals surface area (Å²) in [6, 6.07) is 0. The van der Waals surface area contributed by atoms with E-state index in [9.17, 15) is 0 Å². The van der Waals surface area contributed by atoms with Crippen molar-refractivity contribution < 1.29 is 0 Å². The fourth-order valence-electron chi connectivity index (χ4n) is 1.39. The van der Waals surface area contributed by atoms with Gasteiger partial charge in [0.25, 0.3) is 0 Å². The van der Waals surface area contributed by atoms with Crippen LogP contribution in [0.15, 0.2) is 24.8 Å². The largest absolute Gasteiger partial charge is 0.241 e. The van der Waals surface area contributed by atoms with Crippen LogP contribution in [0.5, 0.6) is 0 Å². The second kappa shape index (κ2) is 4.79. The maximum Gasteiger partial charge on any atom is 0.125 e. The van der Waals surface area contributed by atoms with Gasteiger partial charge in [-0.15, -0.1) is 0 Å². The van der Waals surface area contributed by atoms with Crippen molar-refractivity contribution in [1.29, 1.82) is 0 Å². The summed E-state index contributed by atoms with van der Waals surface area (Å²) in [5, 5.41) is 0. The molecule has 0 saturated heterocycles. The first kappa shape index (κ1) is 10.7. The average Bonchev–Trinajstić information content (AvgIpc) is 2.30. The molecule has 2 rings (SSSR count). The van der Waals surface area contributed by atoms with Crippen molar-refractivity contribution in [3.05, 3.63) is 47.6 Å². The molecule has 0 aliphatic rings. The van der Waals surface area contributed by atoms with Gasteiger partial charge in [-0.2, -0.15) is 0 Å². The van der Waals surface area contributed by atoms with Crippen LogP contribution in [0.2, 0.25) is 0 Å². The molecule has 2 aromatic heterocycles. The molecule has 0 fully saturated rings. The summed E-state index contributed by atoms with van der Waals surface area (Å²) in [5.41, 5.74) is 2.29. The Balaban J connectivity index is 1.97. The Morgan fingerprint density at radius 1 is 0.688 bits per heavy atom. The maximum absolute atomic E-state index is 4.16. The first-order valence-electron chi connectivity index (χ1n) is 5.29. The third-order valence-electron chi connectivity index (χ3n) is 2.37. The molecule has 4 heteroatoms. The Bertz CT molecular complexity index is 402. The van der Waals surface area contributed by atoms with Crippen LogP contribution in [-0.4, -0.2) is 19.9 Å². The molecule has 0 atom stereocenters. The molecule has 0 amide bonds. The normalized spacial score (nSPS) is 10.4. The molecule has 0 saturated carbocycles. The summed E-state index contributed by atoms with van der Waals surface area (Å²) in [5.74, 6) is 1.62. The molecule has 2 heterocycles. The third-order valence-corrected chi connectivity index (χ3v) is 2.37. The molecule has 0 radical (unpaired) electrons. The Labute approximate surface area is 94.8 Å². The van der Waals surface area contributed by atoms with Crippen LogP contribution < -0.4 is 0 Å². The zero-order valence-electron chi connectivity index (χ0n) is 9.51. The lowest BCUT2D eigenvalue weighted by atomic mass is 10.1. The number of aryl methyl sites for hydroxylation is 4. The summed E-state index contributed by atoms with van der Waals surface area (Å²) >= 11 is 0. The van der Waals surface area contributed by atoms with Crippen molar-refractivity contribution in [2.24, 2.45) is 0 Å². The smallest absolute Gasteiger partial charge is 0.125 e. The van der Waals surface area contributed by atoms with E-state index in [1.165, 1.54) is 0 Å². The number of rotatable bonds is 3. The Morgan fingerprint density at radius 3 is 1.31 bits per heavy atom. The van der Waals surface area contributed by atoms with Crippen LogP contribution in [-0.2, 0) is 12.8 Å². The standard InChI is InChI=1S/C12H14N4/c1-9-13-5-11(6-14-9)3-4-12-7-15-10(2)16-8-12/h5-8H,3-4H2,1-2H3. The van der Waals surface area contributed by atoms with Crippen LogP contribution in [0.4, 0.5) is 0 Å². The van der Waals surface area contributed by atoms with E-state index in [4.69, 9.17) is 0 Å². The number of nitrogens with zero attached hydrogens (tertiary/aromatic N) is 4. The highest BCUT2D eigenvalue weighted by atomic mass is 14.9. The Kier molecular flexibility index (Phi) is 3.19. The van der Waals surface area contributed by atoms with E-state index in [0.717, 1.165) is 35.6 Å². The van der Waals surface area contributed by atoms with Crippen LogP contribution in [0.25, 0.3) is 0 Å². The first-order chi connectivity index (χ1) is 7.74. The fraction of sp³-hybridized carbons (Fsp3) is 0.333. The number of hydrogen-bond donors (Lipinski definition) is 0. The quantitative estimate of drug-likeness (QED) is 0.779. The van der Waals surface area contributed by atoms with E-state index in [0.29, 0.717) is 0 Å². The summed E-state index contributed by atoms with van der Waals surface area (Å²) in [7, 11) is 0. The van der Waals surface area contributed by atoms with Gasteiger partial charge in [0.2, 0.25) is 0 Å². The minimum absolute atomic E-state index is 0.808. The molecule has 0 aliphatic carbocycles. The summed E-state index contributed by atoms with van der Waals surface area (Å²) in [4.78, 5) is 16.7. The van der Waals surface area contributed by atoms with Crippen molar-refractivity contribution in [2.45, 2.75) is 26.7 Å². The summed E-state index contributed by atoms with van der Waals surface area (Å²) in [6.07, 6.45) is 9.34. The number of hydrogen-bond acceptors (Lipinski definition) is 4. The highest BCUT2D eigenvalue weighted by molar-refractivity contribution is 5.11. The molecule has 0 unspecified atom stereocenters. The Morgan fingerprint density at radius 2 is 1.00 bits per heavy atom. The third kappa shape index (κ3) is 2.82. The summed E-state index contributed by atoms with van der Waals surface area (Å²) in [6.45, 7) is 3.77. The lowest BCUT2D eigenvalue weighted by Crippen LogP contribution is -1.97. The topological polar surface area (TPSA) is 51.6 Å². The molecule has 2 aromatic rings. The average molecular weight is 214 g/mol. The molecular formula is C12H14N4. The van der Waals surface area contributed by atoms with Gasteiger partial charge >= 0.3 is 0 Å². The van der Waals surface area contributed by atoms with Crippen LogP contribution >= 0.6 is 0 Å². The van der Waals surface area contributed by atoms with Gasteiger partial charge in [-0.3, -0.25) is 0 Å². The van der Waals surface area contributed by atoms with Crippen LogP contribution in [0.3, 0.4) is 0 Å². The van der Waals surface area contributed by atoms with Gasteiger partial charge in [-0.1, -0.05) is 0 Å². The monoisotopic (exact) mass is 214 g/mol. The van der Waals surface area contributed by atoms with E-state index >= 15 is 0 Å². The molecule has 0 bridgehead atoms. The second-order valence-electron chi connectivity index (χ2n) is 3.78. The van der Waals surface area contributed by atoms with Gasteiger partial charge in [0, 0.05) is 24.8 Å². The molecule has 0 aromatic carbocycles. The van der Waals surface area contributed by atoms with Gasteiger partial charge in [0.05, 0.1) is 0 Å². The summed E-state index contributed by atoms with van der Waals surface area (Å²) < 4.78 is 0. The first-order valence-corrected chi connectivity index (χ1v) is 5.29. The van der Waals surface area contributed by atoms with Crippen molar-refractivity contribution in [3.8, 4) is 0 Å². The van der Waals surface area contributed by atoms with Gasteiger partial charge in [0.15, 0.2) is 0 Å². The second-order valence-corrected chi connectivity index (χ2v) is 3.78. The van der Waals surface area contributed by atoms with Crippen molar-refractivity contribution >= 4 is 0 Å². The molecule has 16 heavy (non-hydrogen) atoms. The molecule has 0 spiro atoms. The van der Waals surface area contributed by atoms with Crippen LogP contribution in [0, 0.1) is 13.8 Å². The van der Waals surface area contributed by atoms with E-state index in [1.807, 2.05) is 38.6 Å². The molecule has 0 N–H and O–H groups in total. The minimum atomic E-state index is 0.808. The molecule has 4 nitrogen and oxygen atoms in total. The van der Waals surface area contributed by atoms with Gasteiger partial charge in [0.1, 0.15) is 11.6 Å². The van der Waals surface area contributed by atoms with Gasteiger partial charge in [-0.25, -0.2) is 19.9 Å². The number of aromatic nitrogens is 4. The van der Waals surface area contributed by atoms with E-state index < -0.39 is 0 Å². The maximum atomic E-state index is 4.16. The SMILES string of the molecule is Cc1ncc(CCc2cnc(C)nc2)cn1. The Hall–Kier alpha value is -1.84. The lowest BCUT2D eigenvalue weighted by Gasteiger charge is -2.01. The van der Waals surface area contributed by atoms with E-state index in [2.05, 4.69) is 19.9 Å². The lowest BCUT2D eigenvalue weighted by molar-refractivity contribution is 0.892. The van der Waals surface area contributed by atoms with Crippen LogP contribution in [0.1, 0.15) is 22.8 Å². The highest BCUT2D eigenvalue weighted by Gasteiger charge is 1.98. The molecular weight excluding hydrogens is 200 g/mol. The zero-order chi connectivity index (χ0) is 11.4. The predicted molar refractivity (Wildman–Crippen MR) is 60.9 cm³/mol. The molecule has 82 valence electrons. The van der Waals surface area contributed by atoms with Gasteiger partial charge in [-0.05, 0) is 37.8 Å².